The van der Waals surface area contributed by atoms with Crippen LogP contribution in [0.15, 0.2) is 4.52 Å². The fourth-order valence-corrected chi connectivity index (χ4v) is 2.54. The summed E-state index contributed by atoms with van der Waals surface area (Å²) in [7, 11) is 0. The number of piperidine rings is 1. The molecule has 1 saturated heterocycles. The fourth-order valence-electron chi connectivity index (χ4n) is 2.54. The Morgan fingerprint density at radius 1 is 1.37 bits per heavy atom. The molecular formula is C14H25N3O2. The van der Waals surface area contributed by atoms with E-state index in [2.05, 4.69) is 35.8 Å². The largest absolute Gasteiger partial charge is 0.396 e. The van der Waals surface area contributed by atoms with Gasteiger partial charge in [-0.2, -0.15) is 4.98 Å². The summed E-state index contributed by atoms with van der Waals surface area (Å²) in [5.74, 6) is 1.45. The van der Waals surface area contributed by atoms with Gasteiger partial charge in [0.2, 0.25) is 5.89 Å². The average Bonchev–Trinajstić information content (AvgIpc) is 2.80. The van der Waals surface area contributed by atoms with Crippen LogP contribution in [0.25, 0.3) is 0 Å². The number of hydrogen-bond donors (Lipinski definition) is 1. The topological polar surface area (TPSA) is 62.4 Å². The number of nitrogens with zero attached hydrogens (tertiary/aromatic N) is 3. The van der Waals surface area contributed by atoms with Gasteiger partial charge >= 0.3 is 0 Å². The summed E-state index contributed by atoms with van der Waals surface area (Å²) in [4.78, 5) is 6.85. The van der Waals surface area contributed by atoms with Crippen molar-refractivity contribution in [1.29, 1.82) is 0 Å². The maximum Gasteiger partial charge on any atom is 0.240 e. The molecule has 1 atom stereocenters. The third-order valence-electron chi connectivity index (χ3n) is 3.69. The molecule has 5 nitrogen and oxygen atoms in total. The van der Waals surface area contributed by atoms with Crippen LogP contribution in [0.4, 0.5) is 0 Å². The van der Waals surface area contributed by atoms with Crippen molar-refractivity contribution in [1.82, 2.24) is 15.0 Å². The molecule has 1 aliphatic rings. The van der Waals surface area contributed by atoms with E-state index in [-0.39, 0.29) is 12.0 Å². The molecule has 19 heavy (non-hydrogen) atoms. The van der Waals surface area contributed by atoms with Crippen LogP contribution in [-0.2, 0) is 12.0 Å². The number of likely N-dealkylation sites (tertiary alicyclic amines) is 1. The van der Waals surface area contributed by atoms with Crippen molar-refractivity contribution in [2.24, 2.45) is 0 Å². The second-order valence-corrected chi connectivity index (χ2v) is 6.39. The Hall–Kier alpha value is -0.940. The summed E-state index contributed by atoms with van der Waals surface area (Å²) >= 11 is 0. The smallest absolute Gasteiger partial charge is 0.240 e. The summed E-state index contributed by atoms with van der Waals surface area (Å²) in [6.07, 6.45) is 4.45. The molecular weight excluding hydrogens is 242 g/mol. The summed E-state index contributed by atoms with van der Waals surface area (Å²) in [5.41, 5.74) is -0.0752. The molecule has 1 aromatic heterocycles. The summed E-state index contributed by atoms with van der Waals surface area (Å²) in [6.45, 7) is 8.25. The fraction of sp³-hybridized carbons (Fsp3) is 0.857. The van der Waals surface area contributed by atoms with E-state index in [1.807, 2.05) is 0 Å². The van der Waals surface area contributed by atoms with Gasteiger partial charge in [-0.25, -0.2) is 0 Å². The molecule has 108 valence electrons. The van der Waals surface area contributed by atoms with Crippen LogP contribution < -0.4 is 0 Å². The van der Waals surface area contributed by atoms with Gasteiger partial charge in [-0.05, 0) is 25.8 Å². The van der Waals surface area contributed by atoms with Crippen LogP contribution in [0.1, 0.15) is 58.2 Å². The molecule has 5 heteroatoms. The molecule has 1 N–H and O–H groups in total. The second kappa shape index (κ2) is 6.01. The number of aromatic nitrogens is 2. The SMILES string of the molecule is CC(C)(C)c1noc(CN2CCCCC2CCO)n1. The van der Waals surface area contributed by atoms with Crippen molar-refractivity contribution in [2.45, 2.75) is 64.5 Å². The molecule has 0 saturated carbocycles. The van der Waals surface area contributed by atoms with Gasteiger partial charge in [0.05, 0.1) is 6.54 Å². The van der Waals surface area contributed by atoms with Crippen molar-refractivity contribution in [3.05, 3.63) is 11.7 Å². The molecule has 0 aliphatic carbocycles. The first kappa shape index (κ1) is 14.5. The molecule has 2 heterocycles. The van der Waals surface area contributed by atoms with Crippen LogP contribution in [0.3, 0.4) is 0 Å². The summed E-state index contributed by atoms with van der Waals surface area (Å²) in [5, 5.41) is 13.2. The van der Waals surface area contributed by atoms with Gasteiger partial charge in [-0.3, -0.25) is 4.90 Å². The van der Waals surface area contributed by atoms with Crippen LogP contribution in [-0.4, -0.2) is 39.3 Å². The third kappa shape index (κ3) is 3.76. The summed E-state index contributed by atoms with van der Waals surface area (Å²) < 4.78 is 5.36. The number of aliphatic hydroxyl groups is 1. The summed E-state index contributed by atoms with van der Waals surface area (Å²) in [6, 6.07) is 0.448. The van der Waals surface area contributed by atoms with Gasteiger partial charge in [-0.1, -0.05) is 32.3 Å². The highest BCUT2D eigenvalue weighted by Crippen LogP contribution is 2.23. The van der Waals surface area contributed by atoms with Crippen molar-refractivity contribution in [2.75, 3.05) is 13.2 Å². The molecule has 0 bridgehead atoms. The Morgan fingerprint density at radius 3 is 2.79 bits per heavy atom. The molecule has 0 radical (unpaired) electrons. The Kier molecular flexibility index (Phi) is 4.58. The molecule has 1 aromatic rings. The van der Waals surface area contributed by atoms with Gasteiger partial charge in [0, 0.05) is 18.1 Å². The standard InChI is InChI=1S/C14H25N3O2/c1-14(2,3)13-15-12(19-16-13)10-17-8-5-4-6-11(17)7-9-18/h11,18H,4-10H2,1-3H3. The Labute approximate surface area is 115 Å². The second-order valence-electron chi connectivity index (χ2n) is 6.39. The molecule has 1 aliphatic heterocycles. The van der Waals surface area contributed by atoms with E-state index in [1.165, 1.54) is 12.8 Å². The van der Waals surface area contributed by atoms with Crippen molar-refractivity contribution < 1.29 is 9.63 Å². The lowest BCUT2D eigenvalue weighted by atomic mass is 9.96. The lowest BCUT2D eigenvalue weighted by Gasteiger charge is -2.34. The van der Waals surface area contributed by atoms with E-state index in [0.29, 0.717) is 18.5 Å². The quantitative estimate of drug-likeness (QED) is 0.905. The minimum absolute atomic E-state index is 0.0752. The molecule has 1 fully saturated rings. The van der Waals surface area contributed by atoms with Crippen molar-refractivity contribution in [3.8, 4) is 0 Å². The monoisotopic (exact) mass is 267 g/mol. The highest BCUT2D eigenvalue weighted by atomic mass is 16.5. The highest BCUT2D eigenvalue weighted by Gasteiger charge is 2.25. The maximum absolute atomic E-state index is 9.14. The lowest BCUT2D eigenvalue weighted by molar-refractivity contribution is 0.100. The maximum atomic E-state index is 9.14. The number of hydrogen-bond acceptors (Lipinski definition) is 5. The first-order chi connectivity index (χ1) is 9.00. The first-order valence-electron chi connectivity index (χ1n) is 7.18. The Balaban J connectivity index is 2.00. The van der Waals surface area contributed by atoms with Crippen LogP contribution >= 0.6 is 0 Å². The lowest BCUT2D eigenvalue weighted by Crippen LogP contribution is -2.39. The first-order valence-corrected chi connectivity index (χ1v) is 7.18. The normalized spacial score (nSPS) is 21.8. The molecule has 0 aromatic carbocycles. The van der Waals surface area contributed by atoms with Gasteiger partial charge in [0.15, 0.2) is 5.82 Å². The van der Waals surface area contributed by atoms with E-state index in [9.17, 15) is 0 Å². The zero-order valence-corrected chi connectivity index (χ0v) is 12.2. The van der Waals surface area contributed by atoms with Gasteiger partial charge in [0.25, 0.3) is 0 Å². The van der Waals surface area contributed by atoms with E-state index in [0.717, 1.165) is 25.2 Å². The average molecular weight is 267 g/mol. The number of aliphatic hydroxyl groups excluding tert-OH is 1. The minimum Gasteiger partial charge on any atom is -0.396 e. The molecule has 1 unspecified atom stereocenters. The molecule has 2 rings (SSSR count). The Morgan fingerprint density at radius 2 is 2.16 bits per heavy atom. The predicted molar refractivity (Wildman–Crippen MR) is 72.7 cm³/mol. The van der Waals surface area contributed by atoms with E-state index >= 15 is 0 Å². The molecule has 0 spiro atoms. The minimum atomic E-state index is -0.0752. The van der Waals surface area contributed by atoms with E-state index < -0.39 is 0 Å². The van der Waals surface area contributed by atoms with Gasteiger partial charge < -0.3 is 9.63 Å². The Bertz CT molecular complexity index is 396. The van der Waals surface area contributed by atoms with Crippen LogP contribution in [0.2, 0.25) is 0 Å². The van der Waals surface area contributed by atoms with Crippen molar-refractivity contribution in [3.63, 3.8) is 0 Å². The zero-order chi connectivity index (χ0) is 13.9. The number of rotatable bonds is 4. The zero-order valence-electron chi connectivity index (χ0n) is 12.2. The van der Waals surface area contributed by atoms with Crippen LogP contribution in [0, 0.1) is 0 Å². The van der Waals surface area contributed by atoms with Gasteiger partial charge in [-0.15, -0.1) is 0 Å². The van der Waals surface area contributed by atoms with E-state index in [4.69, 9.17) is 9.63 Å². The third-order valence-corrected chi connectivity index (χ3v) is 3.69. The highest BCUT2D eigenvalue weighted by molar-refractivity contribution is 5.00. The van der Waals surface area contributed by atoms with Crippen molar-refractivity contribution >= 4 is 0 Å². The molecule has 0 amide bonds. The predicted octanol–water partition coefficient (Wildman–Crippen LogP) is 2.10. The van der Waals surface area contributed by atoms with E-state index in [1.54, 1.807) is 0 Å². The van der Waals surface area contributed by atoms with Gasteiger partial charge in [0.1, 0.15) is 0 Å². The van der Waals surface area contributed by atoms with Crippen LogP contribution in [0.5, 0.6) is 0 Å².